The molecule has 2 N–H and O–H groups in total. The minimum Gasteiger partial charge on any atom is -0.391 e. The molecule has 0 aliphatic carbocycles. The minimum absolute atomic E-state index is 0.127. The summed E-state index contributed by atoms with van der Waals surface area (Å²) in [5, 5.41) is 19.3. The highest BCUT2D eigenvalue weighted by molar-refractivity contribution is 7.14. The molecule has 0 bridgehead atoms. The van der Waals surface area contributed by atoms with Gasteiger partial charge in [-0.2, -0.15) is 11.3 Å². The van der Waals surface area contributed by atoms with Crippen LogP contribution in [-0.4, -0.2) is 27.6 Å². The highest BCUT2D eigenvalue weighted by atomic mass is 32.1. The van der Waals surface area contributed by atoms with Crippen LogP contribution in [0.1, 0.15) is 26.5 Å². The normalized spacial score (nSPS) is 13.2. The van der Waals surface area contributed by atoms with Crippen molar-refractivity contribution < 1.29 is 9.90 Å². The third-order valence-corrected chi connectivity index (χ3v) is 4.79. The first-order chi connectivity index (χ1) is 9.38. The number of rotatable bonds is 5. The van der Waals surface area contributed by atoms with Crippen LogP contribution < -0.4 is 5.32 Å². The lowest BCUT2D eigenvalue weighted by molar-refractivity contribution is -0.123. The van der Waals surface area contributed by atoms with E-state index in [0.29, 0.717) is 0 Å². The van der Waals surface area contributed by atoms with Gasteiger partial charge in [0.05, 0.1) is 23.8 Å². The number of aliphatic hydroxyl groups excluding tert-OH is 1. The highest BCUT2D eigenvalue weighted by Gasteiger charge is 2.26. The fourth-order valence-corrected chi connectivity index (χ4v) is 3.11. The van der Waals surface area contributed by atoms with E-state index in [1.165, 1.54) is 11.3 Å². The van der Waals surface area contributed by atoms with E-state index in [1.807, 2.05) is 22.2 Å². The number of amides is 1. The van der Waals surface area contributed by atoms with Crippen LogP contribution >= 0.6 is 22.7 Å². The van der Waals surface area contributed by atoms with Gasteiger partial charge in [-0.25, -0.2) is 4.98 Å². The van der Waals surface area contributed by atoms with E-state index in [-0.39, 0.29) is 12.3 Å². The van der Waals surface area contributed by atoms with Gasteiger partial charge >= 0.3 is 0 Å². The molecule has 0 aromatic carbocycles. The molecule has 0 saturated heterocycles. The lowest BCUT2D eigenvalue weighted by Gasteiger charge is -2.29. The number of thiazole rings is 1. The summed E-state index contributed by atoms with van der Waals surface area (Å²) in [6, 6.07) is 2.02. The summed E-state index contributed by atoms with van der Waals surface area (Å²) in [6.45, 7) is 5.26. The summed E-state index contributed by atoms with van der Waals surface area (Å²) < 4.78 is 0. The molecule has 0 radical (unpaired) electrons. The molecule has 1 unspecified atom stereocenters. The van der Waals surface area contributed by atoms with Gasteiger partial charge in [-0.1, -0.05) is 0 Å². The van der Waals surface area contributed by atoms with Crippen LogP contribution in [0.15, 0.2) is 22.2 Å². The summed E-state index contributed by atoms with van der Waals surface area (Å²) in [7, 11) is 0. The van der Waals surface area contributed by atoms with Crippen molar-refractivity contribution in [2.45, 2.75) is 38.8 Å². The smallest absolute Gasteiger partial charge is 0.226 e. The third kappa shape index (κ3) is 3.65. The molecule has 6 heteroatoms. The zero-order chi connectivity index (χ0) is 14.8. The average molecular weight is 310 g/mol. The van der Waals surface area contributed by atoms with Crippen LogP contribution in [-0.2, 0) is 11.2 Å². The first-order valence-electron chi connectivity index (χ1n) is 6.34. The van der Waals surface area contributed by atoms with E-state index in [9.17, 15) is 9.90 Å². The summed E-state index contributed by atoms with van der Waals surface area (Å²) in [6.07, 6.45) is -0.375. The molecule has 0 spiro atoms. The Balaban J connectivity index is 1.99. The Morgan fingerprint density at radius 1 is 1.50 bits per heavy atom. The van der Waals surface area contributed by atoms with Gasteiger partial charge in [0.25, 0.3) is 0 Å². The van der Waals surface area contributed by atoms with Gasteiger partial charge in [0, 0.05) is 16.3 Å². The number of aromatic nitrogens is 1. The van der Waals surface area contributed by atoms with Crippen molar-refractivity contribution in [1.82, 2.24) is 10.3 Å². The molecule has 2 aromatic rings. The minimum atomic E-state index is -0.636. The molecular formula is C14H18N2O2S2. The number of thiophene rings is 1. The topological polar surface area (TPSA) is 62.2 Å². The Morgan fingerprint density at radius 3 is 2.85 bits per heavy atom. The monoisotopic (exact) mass is 310 g/mol. The van der Waals surface area contributed by atoms with Crippen LogP contribution in [0.4, 0.5) is 0 Å². The van der Waals surface area contributed by atoms with Crippen molar-refractivity contribution in [2.75, 3.05) is 0 Å². The molecule has 2 rings (SSSR count). The third-order valence-electron chi connectivity index (χ3n) is 3.17. The summed E-state index contributed by atoms with van der Waals surface area (Å²) in [5.41, 5.74) is 1.22. The second kappa shape index (κ2) is 6.03. The molecule has 0 aliphatic rings. The Kier molecular flexibility index (Phi) is 4.57. The number of hydrogen-bond acceptors (Lipinski definition) is 5. The Labute approximate surface area is 126 Å². The average Bonchev–Trinajstić information content (AvgIpc) is 2.97. The fourth-order valence-electron chi connectivity index (χ4n) is 1.58. The number of hydrogen-bond donors (Lipinski definition) is 2. The van der Waals surface area contributed by atoms with E-state index in [1.54, 1.807) is 32.1 Å². The Morgan fingerprint density at radius 2 is 2.25 bits per heavy atom. The van der Waals surface area contributed by atoms with E-state index in [0.717, 1.165) is 16.3 Å². The fraction of sp³-hybridized carbons (Fsp3) is 0.429. The Bertz CT molecular complexity index is 574. The quantitative estimate of drug-likeness (QED) is 0.892. The first kappa shape index (κ1) is 15.2. The number of carbonyl (C=O) groups excluding carboxylic acids is 1. The van der Waals surface area contributed by atoms with Crippen LogP contribution in [0.25, 0.3) is 10.6 Å². The maximum absolute atomic E-state index is 12.0. The molecule has 4 nitrogen and oxygen atoms in total. The zero-order valence-corrected chi connectivity index (χ0v) is 13.3. The molecule has 1 atom stereocenters. The molecule has 0 saturated carbocycles. The van der Waals surface area contributed by atoms with Crippen LogP contribution in [0.5, 0.6) is 0 Å². The second-order valence-corrected chi connectivity index (χ2v) is 6.92. The van der Waals surface area contributed by atoms with Crippen LogP contribution in [0, 0.1) is 0 Å². The van der Waals surface area contributed by atoms with Gasteiger partial charge in [-0.15, -0.1) is 11.3 Å². The summed E-state index contributed by atoms with van der Waals surface area (Å²) in [5.74, 6) is -0.127. The molecule has 2 heterocycles. The first-order valence-corrected chi connectivity index (χ1v) is 8.17. The van der Waals surface area contributed by atoms with Gasteiger partial charge in [-0.05, 0) is 32.2 Å². The maximum atomic E-state index is 12.0. The lowest BCUT2D eigenvalue weighted by Crippen LogP contribution is -2.51. The van der Waals surface area contributed by atoms with Crippen LogP contribution in [0.3, 0.4) is 0 Å². The van der Waals surface area contributed by atoms with E-state index >= 15 is 0 Å². The van der Waals surface area contributed by atoms with E-state index < -0.39 is 11.6 Å². The number of nitrogens with one attached hydrogen (secondary N) is 1. The van der Waals surface area contributed by atoms with Crippen molar-refractivity contribution >= 4 is 28.6 Å². The van der Waals surface area contributed by atoms with Crippen LogP contribution in [0.2, 0.25) is 0 Å². The Hall–Kier alpha value is -1.24. The van der Waals surface area contributed by atoms with Gasteiger partial charge in [0.2, 0.25) is 5.91 Å². The standard InChI is InChI=1S/C14H18N2O2S2/c1-9(17)14(2,3)16-12(18)6-11-8-20-13(15-11)10-4-5-19-7-10/h4-5,7-9,17H,6H2,1-3H3,(H,16,18). The maximum Gasteiger partial charge on any atom is 0.226 e. The molecule has 1 amide bonds. The predicted octanol–water partition coefficient (Wildman–Crippen LogP) is 2.69. The number of nitrogens with zero attached hydrogens (tertiary/aromatic N) is 1. The van der Waals surface area contributed by atoms with Crippen molar-refractivity contribution in [3.63, 3.8) is 0 Å². The highest BCUT2D eigenvalue weighted by Crippen LogP contribution is 2.25. The van der Waals surface area contributed by atoms with Gasteiger partial charge < -0.3 is 10.4 Å². The van der Waals surface area contributed by atoms with Crippen molar-refractivity contribution in [3.05, 3.63) is 27.9 Å². The van der Waals surface area contributed by atoms with Crippen molar-refractivity contribution in [2.24, 2.45) is 0 Å². The SMILES string of the molecule is CC(O)C(C)(C)NC(=O)Cc1csc(-c2ccsc2)n1. The second-order valence-electron chi connectivity index (χ2n) is 5.28. The largest absolute Gasteiger partial charge is 0.391 e. The van der Waals surface area contributed by atoms with Crippen molar-refractivity contribution in [1.29, 1.82) is 0 Å². The number of aliphatic hydroxyl groups is 1. The van der Waals surface area contributed by atoms with Gasteiger partial charge in [0.15, 0.2) is 0 Å². The van der Waals surface area contributed by atoms with E-state index in [2.05, 4.69) is 10.3 Å². The molecule has 108 valence electrons. The predicted molar refractivity (Wildman–Crippen MR) is 83.0 cm³/mol. The molecule has 2 aromatic heterocycles. The van der Waals surface area contributed by atoms with Crippen molar-refractivity contribution in [3.8, 4) is 10.6 Å². The molecule has 0 aliphatic heterocycles. The van der Waals surface area contributed by atoms with Gasteiger partial charge in [-0.3, -0.25) is 4.79 Å². The van der Waals surface area contributed by atoms with E-state index in [4.69, 9.17) is 0 Å². The summed E-state index contributed by atoms with van der Waals surface area (Å²) >= 11 is 3.17. The lowest BCUT2D eigenvalue weighted by atomic mass is 9.98. The van der Waals surface area contributed by atoms with Gasteiger partial charge in [0.1, 0.15) is 5.01 Å². The molecular weight excluding hydrogens is 292 g/mol. The number of carbonyl (C=O) groups is 1. The summed E-state index contributed by atoms with van der Waals surface area (Å²) in [4.78, 5) is 16.4. The molecule has 20 heavy (non-hydrogen) atoms. The zero-order valence-electron chi connectivity index (χ0n) is 11.7. The molecule has 0 fully saturated rings.